The standard InChI is InChI=1S/C15H13ClN2O/c16-14-13-12(10-7-3-4-8-11(10)19-13)17-15(18-14)9-5-1-2-6-9/h3-4,7-9H,1-2,5-6H2. The van der Waals surface area contributed by atoms with Crippen molar-refractivity contribution in [3.05, 3.63) is 35.2 Å². The summed E-state index contributed by atoms with van der Waals surface area (Å²) in [6.45, 7) is 0. The normalized spacial score (nSPS) is 16.7. The molecule has 2 aromatic heterocycles. The lowest BCUT2D eigenvalue weighted by atomic mass is 10.1. The van der Waals surface area contributed by atoms with Gasteiger partial charge in [-0.1, -0.05) is 36.6 Å². The predicted octanol–water partition coefficient (Wildman–Crippen LogP) is 4.69. The maximum absolute atomic E-state index is 6.27. The second-order valence-corrected chi connectivity index (χ2v) is 5.49. The highest BCUT2D eigenvalue weighted by Gasteiger charge is 2.22. The molecule has 1 aliphatic carbocycles. The van der Waals surface area contributed by atoms with Gasteiger partial charge < -0.3 is 4.42 Å². The molecule has 4 rings (SSSR count). The zero-order valence-corrected chi connectivity index (χ0v) is 11.2. The van der Waals surface area contributed by atoms with E-state index in [1.54, 1.807) is 0 Å². The van der Waals surface area contributed by atoms with E-state index in [4.69, 9.17) is 21.0 Å². The van der Waals surface area contributed by atoms with Gasteiger partial charge in [-0.15, -0.1) is 0 Å². The Labute approximate surface area is 115 Å². The van der Waals surface area contributed by atoms with E-state index in [-0.39, 0.29) is 0 Å². The summed E-state index contributed by atoms with van der Waals surface area (Å²) in [6, 6.07) is 7.89. The molecule has 0 N–H and O–H groups in total. The Morgan fingerprint density at radius 3 is 2.74 bits per heavy atom. The van der Waals surface area contributed by atoms with E-state index in [1.165, 1.54) is 12.8 Å². The zero-order valence-electron chi connectivity index (χ0n) is 10.4. The first-order valence-electron chi connectivity index (χ1n) is 6.67. The minimum atomic E-state index is 0.433. The van der Waals surface area contributed by atoms with Crippen LogP contribution >= 0.6 is 11.6 Å². The largest absolute Gasteiger partial charge is 0.451 e. The average Bonchev–Trinajstić information content (AvgIpc) is 3.06. The van der Waals surface area contributed by atoms with E-state index in [0.29, 0.717) is 16.7 Å². The number of fused-ring (bicyclic) bond motifs is 3. The third-order valence-corrected chi connectivity index (χ3v) is 4.17. The number of furan rings is 1. The number of aromatic nitrogens is 2. The molecule has 0 amide bonds. The van der Waals surface area contributed by atoms with Crippen molar-refractivity contribution in [3.8, 4) is 0 Å². The molecule has 0 atom stereocenters. The first-order chi connectivity index (χ1) is 9.33. The van der Waals surface area contributed by atoms with Crippen LogP contribution in [-0.2, 0) is 0 Å². The smallest absolute Gasteiger partial charge is 0.191 e. The van der Waals surface area contributed by atoms with Crippen molar-refractivity contribution in [2.75, 3.05) is 0 Å². The number of rotatable bonds is 1. The van der Waals surface area contributed by atoms with Crippen LogP contribution in [-0.4, -0.2) is 9.97 Å². The number of benzene rings is 1. The number of hydrogen-bond acceptors (Lipinski definition) is 3. The van der Waals surface area contributed by atoms with Crippen LogP contribution in [0.3, 0.4) is 0 Å². The van der Waals surface area contributed by atoms with Gasteiger partial charge in [0.1, 0.15) is 16.9 Å². The molecule has 0 spiro atoms. The third-order valence-electron chi connectivity index (χ3n) is 3.92. The maximum Gasteiger partial charge on any atom is 0.191 e. The SMILES string of the molecule is Clc1nc(C2CCCC2)nc2c1oc1ccccc12. The first-order valence-corrected chi connectivity index (χ1v) is 7.05. The molecule has 19 heavy (non-hydrogen) atoms. The summed E-state index contributed by atoms with van der Waals surface area (Å²) in [5.74, 6) is 1.33. The molecule has 0 unspecified atom stereocenters. The Balaban J connectivity index is 2.00. The molecule has 0 radical (unpaired) electrons. The Hall–Kier alpha value is -1.61. The molecular weight excluding hydrogens is 260 g/mol. The second kappa shape index (κ2) is 4.20. The number of halogens is 1. The number of hydrogen-bond donors (Lipinski definition) is 0. The van der Waals surface area contributed by atoms with Gasteiger partial charge in [0.05, 0.1) is 0 Å². The lowest BCUT2D eigenvalue weighted by Crippen LogP contribution is -2.00. The summed E-state index contributed by atoms with van der Waals surface area (Å²) < 4.78 is 5.74. The van der Waals surface area contributed by atoms with Gasteiger partial charge in [-0.05, 0) is 25.0 Å². The molecule has 1 saturated carbocycles. The van der Waals surface area contributed by atoms with Crippen molar-refractivity contribution in [2.45, 2.75) is 31.6 Å². The molecule has 1 aliphatic rings. The van der Waals surface area contributed by atoms with Gasteiger partial charge in [0.2, 0.25) is 0 Å². The summed E-state index contributed by atoms with van der Waals surface area (Å²) in [4.78, 5) is 9.16. The van der Waals surface area contributed by atoms with Crippen LogP contribution in [0.5, 0.6) is 0 Å². The summed E-state index contributed by atoms with van der Waals surface area (Å²) >= 11 is 6.27. The number of nitrogens with zero attached hydrogens (tertiary/aromatic N) is 2. The lowest BCUT2D eigenvalue weighted by molar-refractivity contribution is 0.650. The summed E-state index contributed by atoms with van der Waals surface area (Å²) in [7, 11) is 0. The van der Waals surface area contributed by atoms with Crippen molar-refractivity contribution in [1.82, 2.24) is 9.97 Å². The van der Waals surface area contributed by atoms with Crippen LogP contribution in [0.2, 0.25) is 5.15 Å². The van der Waals surface area contributed by atoms with E-state index in [1.807, 2.05) is 24.3 Å². The maximum atomic E-state index is 6.27. The molecule has 1 aromatic carbocycles. The van der Waals surface area contributed by atoms with E-state index >= 15 is 0 Å². The molecule has 1 fully saturated rings. The third kappa shape index (κ3) is 1.72. The fourth-order valence-corrected chi connectivity index (χ4v) is 3.15. The summed E-state index contributed by atoms with van der Waals surface area (Å²) in [5, 5.41) is 1.45. The van der Waals surface area contributed by atoms with Crippen molar-refractivity contribution in [1.29, 1.82) is 0 Å². The average molecular weight is 273 g/mol. The topological polar surface area (TPSA) is 38.9 Å². The molecule has 4 heteroatoms. The van der Waals surface area contributed by atoms with E-state index < -0.39 is 0 Å². The quantitative estimate of drug-likeness (QED) is 0.603. The van der Waals surface area contributed by atoms with Crippen molar-refractivity contribution < 1.29 is 4.42 Å². The van der Waals surface area contributed by atoms with Gasteiger partial charge >= 0.3 is 0 Å². The van der Waals surface area contributed by atoms with Crippen molar-refractivity contribution in [3.63, 3.8) is 0 Å². The molecule has 2 heterocycles. The highest BCUT2D eigenvalue weighted by atomic mass is 35.5. The minimum Gasteiger partial charge on any atom is -0.451 e. The van der Waals surface area contributed by atoms with Crippen LogP contribution in [0.25, 0.3) is 22.1 Å². The van der Waals surface area contributed by atoms with E-state index in [9.17, 15) is 0 Å². The molecule has 0 saturated heterocycles. The van der Waals surface area contributed by atoms with Crippen LogP contribution in [0.4, 0.5) is 0 Å². The van der Waals surface area contributed by atoms with Crippen LogP contribution in [0.15, 0.2) is 28.7 Å². The van der Waals surface area contributed by atoms with Gasteiger partial charge in [-0.2, -0.15) is 0 Å². The van der Waals surface area contributed by atoms with Crippen LogP contribution in [0, 0.1) is 0 Å². The van der Waals surface area contributed by atoms with Gasteiger partial charge in [-0.25, -0.2) is 9.97 Å². The van der Waals surface area contributed by atoms with Crippen molar-refractivity contribution >= 4 is 33.7 Å². The molecule has 96 valence electrons. The van der Waals surface area contributed by atoms with Gasteiger partial charge in [-0.3, -0.25) is 0 Å². The van der Waals surface area contributed by atoms with Gasteiger partial charge in [0.25, 0.3) is 0 Å². The predicted molar refractivity (Wildman–Crippen MR) is 75.5 cm³/mol. The Morgan fingerprint density at radius 2 is 1.89 bits per heavy atom. The van der Waals surface area contributed by atoms with Crippen molar-refractivity contribution in [2.24, 2.45) is 0 Å². The minimum absolute atomic E-state index is 0.433. The zero-order chi connectivity index (χ0) is 12.8. The van der Waals surface area contributed by atoms with E-state index in [2.05, 4.69) is 4.98 Å². The summed E-state index contributed by atoms with van der Waals surface area (Å²) in [6.07, 6.45) is 4.85. The highest BCUT2D eigenvalue weighted by molar-refractivity contribution is 6.34. The first kappa shape index (κ1) is 11.2. The highest BCUT2D eigenvalue weighted by Crippen LogP contribution is 2.36. The molecule has 3 aromatic rings. The summed E-state index contributed by atoms with van der Waals surface area (Å²) in [5.41, 5.74) is 2.26. The van der Waals surface area contributed by atoms with E-state index in [0.717, 1.165) is 35.2 Å². The van der Waals surface area contributed by atoms with Gasteiger partial charge in [0, 0.05) is 11.3 Å². The second-order valence-electron chi connectivity index (χ2n) is 5.13. The van der Waals surface area contributed by atoms with Crippen LogP contribution in [0.1, 0.15) is 37.4 Å². The monoisotopic (exact) mass is 272 g/mol. The Kier molecular flexibility index (Phi) is 2.49. The molecule has 0 aliphatic heterocycles. The van der Waals surface area contributed by atoms with Gasteiger partial charge in [0.15, 0.2) is 10.7 Å². The number of para-hydroxylation sites is 1. The fraction of sp³-hybridized carbons (Fsp3) is 0.333. The molecule has 0 bridgehead atoms. The lowest BCUT2D eigenvalue weighted by Gasteiger charge is -2.07. The molecular formula is C15H13ClN2O. The Morgan fingerprint density at radius 1 is 1.11 bits per heavy atom. The fourth-order valence-electron chi connectivity index (χ4n) is 2.94. The molecule has 3 nitrogen and oxygen atoms in total. The Bertz CT molecular complexity index is 759. The van der Waals surface area contributed by atoms with Crippen LogP contribution < -0.4 is 0 Å².